The number of methoxy groups -OCH3 is 1. The number of anilines is 1. The average molecular weight is 222 g/mol. The topological polar surface area (TPSA) is 67.5 Å². The molecule has 4 heteroatoms. The normalized spacial score (nSPS) is 25.4. The number of hydrogen-bond donors (Lipinski definition) is 3. The van der Waals surface area contributed by atoms with Gasteiger partial charge in [-0.2, -0.15) is 0 Å². The number of hydrogen-bond acceptors (Lipinski definition) is 4. The van der Waals surface area contributed by atoms with Crippen molar-refractivity contribution < 1.29 is 9.84 Å². The van der Waals surface area contributed by atoms with Crippen LogP contribution in [0.3, 0.4) is 0 Å². The van der Waals surface area contributed by atoms with Crippen molar-refractivity contribution in [3.05, 3.63) is 23.8 Å². The van der Waals surface area contributed by atoms with Crippen molar-refractivity contribution in [3.8, 4) is 5.75 Å². The first-order valence-corrected chi connectivity index (χ1v) is 5.53. The lowest BCUT2D eigenvalue weighted by Crippen LogP contribution is -2.43. The summed E-state index contributed by atoms with van der Waals surface area (Å²) in [6.07, 6.45) is 1.69. The SMILES string of the molecule is COc1ccc(N)c(C2(O)CCCNC2)c1. The van der Waals surface area contributed by atoms with Crippen LogP contribution in [-0.2, 0) is 5.60 Å². The fourth-order valence-corrected chi connectivity index (χ4v) is 2.18. The van der Waals surface area contributed by atoms with Crippen LogP contribution in [0.2, 0.25) is 0 Å². The standard InChI is InChI=1S/C12H18N2O2/c1-16-9-3-4-11(13)10(7-9)12(15)5-2-6-14-8-12/h3-4,7,14-15H,2,5-6,8,13H2,1H3. The quantitative estimate of drug-likeness (QED) is 0.649. The number of rotatable bonds is 2. The molecule has 1 fully saturated rings. The Bertz CT molecular complexity index is 373. The van der Waals surface area contributed by atoms with Crippen molar-refractivity contribution in [2.45, 2.75) is 18.4 Å². The van der Waals surface area contributed by atoms with Gasteiger partial charge in [0.05, 0.1) is 7.11 Å². The van der Waals surface area contributed by atoms with Gasteiger partial charge >= 0.3 is 0 Å². The van der Waals surface area contributed by atoms with Gasteiger partial charge in [-0.25, -0.2) is 0 Å². The van der Waals surface area contributed by atoms with E-state index in [1.165, 1.54) is 0 Å². The maximum Gasteiger partial charge on any atom is 0.119 e. The number of piperidine rings is 1. The molecule has 1 aromatic carbocycles. The van der Waals surface area contributed by atoms with Crippen molar-refractivity contribution in [2.75, 3.05) is 25.9 Å². The van der Waals surface area contributed by atoms with Crippen LogP contribution in [0.25, 0.3) is 0 Å². The van der Waals surface area contributed by atoms with Gasteiger partial charge in [0.15, 0.2) is 0 Å². The number of nitrogen functional groups attached to an aromatic ring is 1. The van der Waals surface area contributed by atoms with Crippen molar-refractivity contribution >= 4 is 5.69 Å². The summed E-state index contributed by atoms with van der Waals surface area (Å²) in [5.74, 6) is 0.725. The Balaban J connectivity index is 2.37. The Labute approximate surface area is 95.4 Å². The summed E-state index contributed by atoms with van der Waals surface area (Å²) in [7, 11) is 1.61. The highest BCUT2D eigenvalue weighted by Gasteiger charge is 2.33. The van der Waals surface area contributed by atoms with Crippen LogP contribution in [0.4, 0.5) is 5.69 Å². The molecule has 1 saturated heterocycles. The second kappa shape index (κ2) is 4.31. The smallest absolute Gasteiger partial charge is 0.119 e. The molecule has 88 valence electrons. The zero-order valence-electron chi connectivity index (χ0n) is 9.49. The molecular weight excluding hydrogens is 204 g/mol. The van der Waals surface area contributed by atoms with Gasteiger partial charge in [-0.1, -0.05) is 0 Å². The molecule has 4 N–H and O–H groups in total. The minimum atomic E-state index is -0.864. The molecule has 1 aliphatic heterocycles. The van der Waals surface area contributed by atoms with Gasteiger partial charge in [0.25, 0.3) is 0 Å². The molecule has 2 rings (SSSR count). The van der Waals surface area contributed by atoms with Gasteiger partial charge in [0.1, 0.15) is 11.4 Å². The Kier molecular flexibility index (Phi) is 3.03. The molecule has 0 spiro atoms. The van der Waals surface area contributed by atoms with Crippen LogP contribution in [0.15, 0.2) is 18.2 Å². The van der Waals surface area contributed by atoms with Crippen LogP contribution in [0.1, 0.15) is 18.4 Å². The molecule has 0 aliphatic carbocycles. The van der Waals surface area contributed by atoms with Gasteiger partial charge in [-0.15, -0.1) is 0 Å². The van der Waals surface area contributed by atoms with E-state index in [0.717, 1.165) is 30.7 Å². The summed E-state index contributed by atoms with van der Waals surface area (Å²) >= 11 is 0. The van der Waals surface area contributed by atoms with Crippen LogP contribution in [0, 0.1) is 0 Å². The first kappa shape index (κ1) is 11.2. The number of nitrogens with one attached hydrogen (secondary N) is 1. The Morgan fingerprint density at radius 1 is 1.50 bits per heavy atom. The molecule has 0 bridgehead atoms. The Hall–Kier alpha value is -1.26. The molecule has 0 radical (unpaired) electrons. The fraction of sp³-hybridized carbons (Fsp3) is 0.500. The van der Waals surface area contributed by atoms with E-state index < -0.39 is 5.60 Å². The summed E-state index contributed by atoms with van der Waals surface area (Å²) in [4.78, 5) is 0. The van der Waals surface area contributed by atoms with E-state index >= 15 is 0 Å². The summed E-state index contributed by atoms with van der Waals surface area (Å²) < 4.78 is 5.16. The minimum Gasteiger partial charge on any atom is -0.497 e. The molecule has 1 unspecified atom stereocenters. The van der Waals surface area contributed by atoms with Crippen molar-refractivity contribution in [3.63, 3.8) is 0 Å². The summed E-state index contributed by atoms with van der Waals surface area (Å²) in [5.41, 5.74) is 6.43. The highest BCUT2D eigenvalue weighted by Crippen LogP contribution is 2.34. The largest absolute Gasteiger partial charge is 0.497 e. The van der Waals surface area contributed by atoms with Crippen molar-refractivity contribution in [2.24, 2.45) is 0 Å². The molecule has 1 atom stereocenters. The van der Waals surface area contributed by atoms with Crippen molar-refractivity contribution in [1.82, 2.24) is 5.32 Å². The first-order valence-electron chi connectivity index (χ1n) is 5.53. The van der Waals surface area contributed by atoms with Crippen LogP contribution >= 0.6 is 0 Å². The Morgan fingerprint density at radius 2 is 2.31 bits per heavy atom. The third-order valence-corrected chi connectivity index (χ3v) is 3.12. The number of ether oxygens (including phenoxy) is 1. The molecule has 16 heavy (non-hydrogen) atoms. The molecule has 1 aliphatic rings. The number of β-amino-alcohol motifs (C(OH)–C–C–N with tert-alkyl or cyclic N) is 1. The number of nitrogens with two attached hydrogens (primary N) is 1. The van der Waals surface area contributed by atoms with Crippen molar-refractivity contribution in [1.29, 1.82) is 0 Å². The second-order valence-electron chi connectivity index (χ2n) is 4.27. The van der Waals surface area contributed by atoms with Crippen LogP contribution < -0.4 is 15.8 Å². The maximum absolute atomic E-state index is 10.5. The first-order chi connectivity index (χ1) is 7.65. The molecule has 0 amide bonds. The van der Waals surface area contributed by atoms with E-state index in [2.05, 4.69) is 5.32 Å². The van der Waals surface area contributed by atoms with E-state index in [1.54, 1.807) is 19.2 Å². The molecule has 0 aromatic heterocycles. The summed E-state index contributed by atoms with van der Waals surface area (Å²) in [5, 5.41) is 13.7. The zero-order chi connectivity index (χ0) is 11.6. The lowest BCUT2D eigenvalue weighted by Gasteiger charge is -2.34. The van der Waals surface area contributed by atoms with E-state index in [0.29, 0.717) is 12.2 Å². The predicted octanol–water partition coefficient (Wildman–Crippen LogP) is 0.848. The van der Waals surface area contributed by atoms with E-state index in [9.17, 15) is 5.11 Å². The van der Waals surface area contributed by atoms with Crippen LogP contribution in [0.5, 0.6) is 5.75 Å². The van der Waals surface area contributed by atoms with Gasteiger partial charge in [-0.05, 0) is 37.6 Å². The lowest BCUT2D eigenvalue weighted by atomic mass is 9.85. The molecule has 4 nitrogen and oxygen atoms in total. The Morgan fingerprint density at radius 3 is 2.94 bits per heavy atom. The van der Waals surface area contributed by atoms with Gasteiger partial charge in [-0.3, -0.25) is 0 Å². The monoisotopic (exact) mass is 222 g/mol. The van der Waals surface area contributed by atoms with E-state index in [4.69, 9.17) is 10.5 Å². The third-order valence-electron chi connectivity index (χ3n) is 3.12. The highest BCUT2D eigenvalue weighted by molar-refractivity contribution is 5.53. The second-order valence-corrected chi connectivity index (χ2v) is 4.27. The third kappa shape index (κ3) is 1.99. The zero-order valence-corrected chi connectivity index (χ0v) is 9.49. The number of aliphatic hydroxyl groups is 1. The minimum absolute atomic E-state index is 0.546. The van der Waals surface area contributed by atoms with Crippen LogP contribution in [-0.4, -0.2) is 25.3 Å². The van der Waals surface area contributed by atoms with Gasteiger partial charge < -0.3 is 20.9 Å². The maximum atomic E-state index is 10.5. The predicted molar refractivity (Wildman–Crippen MR) is 63.4 cm³/mol. The molecule has 0 saturated carbocycles. The summed E-state index contributed by atoms with van der Waals surface area (Å²) in [6.45, 7) is 1.50. The van der Waals surface area contributed by atoms with Gasteiger partial charge in [0, 0.05) is 17.8 Å². The molecule has 1 heterocycles. The van der Waals surface area contributed by atoms with Gasteiger partial charge in [0.2, 0.25) is 0 Å². The van der Waals surface area contributed by atoms with E-state index in [-0.39, 0.29) is 0 Å². The molecular formula is C12H18N2O2. The lowest BCUT2D eigenvalue weighted by molar-refractivity contribution is 0.0128. The average Bonchev–Trinajstić information content (AvgIpc) is 2.30. The fourth-order valence-electron chi connectivity index (χ4n) is 2.18. The molecule has 1 aromatic rings. The number of benzene rings is 1. The summed E-state index contributed by atoms with van der Waals surface area (Å²) in [6, 6.07) is 5.40. The highest BCUT2D eigenvalue weighted by atomic mass is 16.5. The van der Waals surface area contributed by atoms with E-state index in [1.807, 2.05) is 6.07 Å².